The number of anilines is 1. The monoisotopic (exact) mass is 361 g/mol. The van der Waals surface area contributed by atoms with Gasteiger partial charge in [-0.3, -0.25) is 4.79 Å². The molecular formula is C18H13Cl2NO3. The van der Waals surface area contributed by atoms with Crippen LogP contribution in [0.3, 0.4) is 0 Å². The smallest absolute Gasteiger partial charge is 0.255 e. The van der Waals surface area contributed by atoms with E-state index >= 15 is 0 Å². The quantitative estimate of drug-likeness (QED) is 0.687. The highest BCUT2D eigenvalue weighted by Gasteiger charge is 2.11. The van der Waals surface area contributed by atoms with E-state index in [0.29, 0.717) is 38.4 Å². The molecule has 1 amide bonds. The normalized spacial score (nSPS) is 10.6. The Bertz CT molecular complexity index is 889. The zero-order valence-electron chi connectivity index (χ0n) is 12.4. The van der Waals surface area contributed by atoms with E-state index in [4.69, 9.17) is 32.7 Å². The first-order valence-electron chi connectivity index (χ1n) is 7.13. The number of halogens is 2. The molecule has 0 aliphatic carbocycles. The van der Waals surface area contributed by atoms with Gasteiger partial charge in [-0.1, -0.05) is 29.3 Å². The number of nitrogens with one attached hydrogen (secondary N) is 1. The van der Waals surface area contributed by atoms with Crippen molar-refractivity contribution in [2.45, 2.75) is 6.61 Å². The van der Waals surface area contributed by atoms with Gasteiger partial charge in [0, 0.05) is 21.8 Å². The Morgan fingerprint density at radius 2 is 1.92 bits per heavy atom. The number of amides is 1. The molecule has 1 heterocycles. The van der Waals surface area contributed by atoms with Gasteiger partial charge in [0.1, 0.15) is 18.1 Å². The van der Waals surface area contributed by atoms with Crippen molar-refractivity contribution in [3.8, 4) is 11.3 Å². The van der Waals surface area contributed by atoms with E-state index in [9.17, 15) is 4.79 Å². The third kappa shape index (κ3) is 3.62. The fraction of sp³-hybridized carbons (Fsp3) is 0.0556. The summed E-state index contributed by atoms with van der Waals surface area (Å²) in [7, 11) is 0. The first kappa shape index (κ1) is 16.6. The molecular weight excluding hydrogens is 349 g/mol. The fourth-order valence-corrected chi connectivity index (χ4v) is 2.70. The molecule has 2 N–H and O–H groups in total. The van der Waals surface area contributed by atoms with E-state index in [0.717, 1.165) is 0 Å². The number of hydrogen-bond donors (Lipinski definition) is 2. The second kappa shape index (κ2) is 7.09. The predicted molar refractivity (Wildman–Crippen MR) is 94.5 cm³/mol. The lowest BCUT2D eigenvalue weighted by molar-refractivity contribution is 0.102. The van der Waals surface area contributed by atoms with Crippen molar-refractivity contribution in [3.63, 3.8) is 0 Å². The zero-order valence-corrected chi connectivity index (χ0v) is 13.9. The number of aliphatic hydroxyl groups excluding tert-OH is 1. The van der Waals surface area contributed by atoms with Crippen LogP contribution in [0.1, 0.15) is 16.1 Å². The summed E-state index contributed by atoms with van der Waals surface area (Å²) in [6.45, 7) is -0.175. The highest BCUT2D eigenvalue weighted by atomic mass is 35.5. The number of carbonyl (C=O) groups excluding carboxylic acids is 1. The molecule has 122 valence electrons. The van der Waals surface area contributed by atoms with E-state index in [1.165, 1.54) is 0 Å². The van der Waals surface area contributed by atoms with Crippen molar-refractivity contribution in [3.05, 3.63) is 76.0 Å². The lowest BCUT2D eigenvalue weighted by Crippen LogP contribution is -2.11. The lowest BCUT2D eigenvalue weighted by Gasteiger charge is -2.08. The second-order valence-corrected chi connectivity index (χ2v) is 5.93. The van der Waals surface area contributed by atoms with Crippen molar-refractivity contribution < 1.29 is 14.3 Å². The largest absolute Gasteiger partial charge is 0.459 e. The first-order chi connectivity index (χ1) is 11.6. The Morgan fingerprint density at radius 1 is 1.08 bits per heavy atom. The first-order valence-corrected chi connectivity index (χ1v) is 7.89. The molecule has 0 aliphatic heterocycles. The highest BCUT2D eigenvalue weighted by Crippen LogP contribution is 2.31. The third-order valence-electron chi connectivity index (χ3n) is 3.40. The average molecular weight is 362 g/mol. The van der Waals surface area contributed by atoms with Crippen LogP contribution in [0, 0.1) is 0 Å². The molecule has 0 aliphatic rings. The van der Waals surface area contributed by atoms with Crippen molar-refractivity contribution in [2.24, 2.45) is 0 Å². The fourth-order valence-electron chi connectivity index (χ4n) is 2.23. The minimum absolute atomic E-state index is 0.175. The summed E-state index contributed by atoms with van der Waals surface area (Å²) in [4.78, 5) is 12.2. The van der Waals surface area contributed by atoms with Crippen LogP contribution in [0.4, 0.5) is 5.69 Å². The van der Waals surface area contributed by atoms with Crippen molar-refractivity contribution in [1.82, 2.24) is 0 Å². The summed E-state index contributed by atoms with van der Waals surface area (Å²) in [5, 5.41) is 12.7. The standard InChI is InChI=1S/C18H13Cl2NO3/c19-12-3-1-2-11(8-12)18(23)21-13-4-6-15(16(20)9-13)17-7-5-14(10-22)24-17/h1-9,22H,10H2,(H,21,23). The van der Waals surface area contributed by atoms with E-state index < -0.39 is 0 Å². The maximum atomic E-state index is 12.2. The lowest BCUT2D eigenvalue weighted by atomic mass is 10.1. The minimum Gasteiger partial charge on any atom is -0.459 e. The summed E-state index contributed by atoms with van der Waals surface area (Å²) in [6.07, 6.45) is 0. The molecule has 0 unspecified atom stereocenters. The molecule has 0 spiro atoms. The van der Waals surface area contributed by atoms with E-state index in [2.05, 4.69) is 5.32 Å². The van der Waals surface area contributed by atoms with Crippen LogP contribution in [0.5, 0.6) is 0 Å². The van der Waals surface area contributed by atoms with Crippen molar-refractivity contribution in [2.75, 3.05) is 5.32 Å². The van der Waals surface area contributed by atoms with Crippen LogP contribution in [-0.4, -0.2) is 11.0 Å². The van der Waals surface area contributed by atoms with Crippen LogP contribution in [0.25, 0.3) is 11.3 Å². The van der Waals surface area contributed by atoms with Crippen LogP contribution in [0.2, 0.25) is 10.0 Å². The zero-order chi connectivity index (χ0) is 17.1. The molecule has 1 aromatic heterocycles. The Balaban J connectivity index is 1.80. The van der Waals surface area contributed by atoms with Gasteiger partial charge in [0.15, 0.2) is 0 Å². The van der Waals surface area contributed by atoms with Crippen LogP contribution < -0.4 is 5.32 Å². The van der Waals surface area contributed by atoms with Crippen LogP contribution >= 0.6 is 23.2 Å². The van der Waals surface area contributed by atoms with Gasteiger partial charge >= 0.3 is 0 Å². The molecule has 0 bridgehead atoms. The van der Waals surface area contributed by atoms with Gasteiger partial charge in [-0.25, -0.2) is 0 Å². The summed E-state index contributed by atoms with van der Waals surface area (Å²) in [6, 6.07) is 15.2. The molecule has 24 heavy (non-hydrogen) atoms. The van der Waals surface area contributed by atoms with Gasteiger partial charge < -0.3 is 14.8 Å². The van der Waals surface area contributed by atoms with E-state index in [1.54, 1.807) is 54.6 Å². The molecule has 3 rings (SSSR count). The van der Waals surface area contributed by atoms with Gasteiger partial charge in [0.05, 0.1) is 5.02 Å². The average Bonchev–Trinajstić information content (AvgIpc) is 3.04. The Labute approximate surface area is 148 Å². The molecule has 0 fully saturated rings. The number of aliphatic hydroxyl groups is 1. The molecule has 0 saturated carbocycles. The van der Waals surface area contributed by atoms with E-state index in [1.807, 2.05) is 0 Å². The molecule has 0 atom stereocenters. The van der Waals surface area contributed by atoms with Gasteiger partial charge in [-0.2, -0.15) is 0 Å². The summed E-state index contributed by atoms with van der Waals surface area (Å²) >= 11 is 12.2. The van der Waals surface area contributed by atoms with Crippen molar-refractivity contribution in [1.29, 1.82) is 0 Å². The molecule has 2 aromatic carbocycles. The molecule has 6 heteroatoms. The van der Waals surface area contributed by atoms with Gasteiger partial charge in [-0.05, 0) is 48.5 Å². The van der Waals surface area contributed by atoms with Gasteiger partial charge in [0.2, 0.25) is 0 Å². The predicted octanol–water partition coefficient (Wildman–Crippen LogP) is 5.00. The molecule has 0 saturated heterocycles. The maximum Gasteiger partial charge on any atom is 0.255 e. The SMILES string of the molecule is O=C(Nc1ccc(-c2ccc(CO)o2)c(Cl)c1)c1cccc(Cl)c1. The highest BCUT2D eigenvalue weighted by molar-refractivity contribution is 6.33. The third-order valence-corrected chi connectivity index (χ3v) is 3.94. The number of carbonyl (C=O) groups is 1. The van der Waals surface area contributed by atoms with Gasteiger partial charge in [-0.15, -0.1) is 0 Å². The topological polar surface area (TPSA) is 62.5 Å². The second-order valence-electron chi connectivity index (χ2n) is 5.08. The number of benzene rings is 2. The Kier molecular flexibility index (Phi) is 4.90. The van der Waals surface area contributed by atoms with E-state index in [-0.39, 0.29) is 12.5 Å². The Hall–Kier alpha value is -2.27. The number of furan rings is 1. The number of rotatable bonds is 4. The Morgan fingerprint density at radius 3 is 2.58 bits per heavy atom. The van der Waals surface area contributed by atoms with Crippen LogP contribution in [0.15, 0.2) is 59.0 Å². The molecule has 4 nitrogen and oxygen atoms in total. The van der Waals surface area contributed by atoms with Gasteiger partial charge in [0.25, 0.3) is 5.91 Å². The minimum atomic E-state index is -0.276. The summed E-state index contributed by atoms with van der Waals surface area (Å²) in [5.74, 6) is 0.734. The van der Waals surface area contributed by atoms with Crippen molar-refractivity contribution >= 4 is 34.8 Å². The summed E-state index contributed by atoms with van der Waals surface area (Å²) < 4.78 is 5.47. The number of hydrogen-bond acceptors (Lipinski definition) is 3. The summed E-state index contributed by atoms with van der Waals surface area (Å²) in [5.41, 5.74) is 1.70. The molecule has 3 aromatic rings. The maximum absolute atomic E-state index is 12.2. The molecule has 0 radical (unpaired) electrons. The van der Waals surface area contributed by atoms with Crippen LogP contribution in [-0.2, 0) is 6.61 Å².